The highest BCUT2D eigenvalue weighted by molar-refractivity contribution is 6.29. The summed E-state index contributed by atoms with van der Waals surface area (Å²) in [7, 11) is 0. The number of aromatic nitrogens is 2. The summed E-state index contributed by atoms with van der Waals surface area (Å²) in [5.74, 6) is -7.32. The van der Waals surface area contributed by atoms with Crippen LogP contribution in [0.15, 0.2) is 12.4 Å². The van der Waals surface area contributed by atoms with Gasteiger partial charge in [0, 0.05) is 6.07 Å². The first kappa shape index (κ1) is 12.6. The van der Waals surface area contributed by atoms with Gasteiger partial charge in [0.05, 0.1) is 0 Å². The molecule has 0 saturated heterocycles. The second-order valence-corrected chi connectivity index (χ2v) is 2.99. The van der Waals surface area contributed by atoms with Gasteiger partial charge in [0.2, 0.25) is 0 Å². The van der Waals surface area contributed by atoms with Gasteiger partial charge in [-0.2, -0.15) is 8.78 Å². The largest absolute Gasteiger partial charge is 0.383 e. The molecule has 88 valence electrons. The Labute approximate surface area is 91.6 Å². The number of nitrogens with zero attached hydrogens (tertiary/aromatic N) is 2. The van der Waals surface area contributed by atoms with E-state index in [1.54, 1.807) is 0 Å². The Morgan fingerprint density at radius 1 is 1.44 bits per heavy atom. The summed E-state index contributed by atoms with van der Waals surface area (Å²) >= 11 is 5.37. The van der Waals surface area contributed by atoms with Gasteiger partial charge in [-0.25, -0.2) is 18.7 Å². The summed E-state index contributed by atoms with van der Waals surface area (Å²) < 4.78 is 48.5. The maximum atomic E-state index is 12.5. The van der Waals surface area contributed by atoms with Gasteiger partial charge >= 0.3 is 18.3 Å². The number of carbonyl (C=O) groups is 1. The molecule has 0 unspecified atom stereocenters. The third-order valence-corrected chi connectivity index (χ3v) is 1.66. The van der Waals surface area contributed by atoms with E-state index in [9.17, 15) is 22.4 Å². The van der Waals surface area contributed by atoms with Crippen molar-refractivity contribution in [3.63, 3.8) is 0 Å². The van der Waals surface area contributed by atoms with Crippen molar-refractivity contribution in [1.29, 1.82) is 0 Å². The molecule has 0 aromatic carbocycles. The molecule has 1 aromatic heterocycles. The summed E-state index contributed by atoms with van der Waals surface area (Å²) in [5.41, 5.74) is 0. The second-order valence-electron chi connectivity index (χ2n) is 2.60. The average Bonchev–Trinajstić information content (AvgIpc) is 2.17. The first-order valence-corrected chi connectivity index (χ1v) is 4.17. The summed E-state index contributed by atoms with van der Waals surface area (Å²) in [6, 6.07) is 0.945. The normalized spacial score (nSPS) is 11.6. The van der Waals surface area contributed by atoms with E-state index in [1.165, 1.54) is 5.32 Å². The van der Waals surface area contributed by atoms with Crippen molar-refractivity contribution in [3.8, 4) is 0 Å². The van der Waals surface area contributed by atoms with Gasteiger partial charge < -0.3 is 5.32 Å². The molecule has 9 heteroatoms. The molecule has 1 rings (SSSR count). The van der Waals surface area contributed by atoms with Crippen molar-refractivity contribution in [2.75, 3.05) is 5.32 Å². The van der Waals surface area contributed by atoms with E-state index in [-0.39, 0.29) is 11.0 Å². The van der Waals surface area contributed by atoms with Crippen molar-refractivity contribution in [3.05, 3.63) is 17.5 Å². The number of rotatable bonds is 3. The summed E-state index contributed by atoms with van der Waals surface area (Å²) in [6.07, 6.45) is -3.21. The van der Waals surface area contributed by atoms with Crippen LogP contribution >= 0.6 is 11.6 Å². The zero-order valence-electron chi connectivity index (χ0n) is 7.42. The maximum Gasteiger partial charge on any atom is 0.383 e. The Morgan fingerprint density at radius 3 is 2.56 bits per heavy atom. The van der Waals surface area contributed by atoms with Crippen molar-refractivity contribution >= 4 is 23.3 Å². The van der Waals surface area contributed by atoms with E-state index in [2.05, 4.69) is 9.97 Å². The van der Waals surface area contributed by atoms with Crippen molar-refractivity contribution in [1.82, 2.24) is 9.97 Å². The highest BCUT2D eigenvalue weighted by Gasteiger charge is 2.49. The van der Waals surface area contributed by atoms with Crippen LogP contribution in [-0.2, 0) is 4.79 Å². The van der Waals surface area contributed by atoms with Gasteiger partial charge in [0.25, 0.3) is 0 Å². The number of anilines is 1. The first-order chi connectivity index (χ1) is 7.34. The van der Waals surface area contributed by atoms with Gasteiger partial charge in [0.15, 0.2) is 0 Å². The standard InChI is InChI=1S/C7H4ClF4N3O/c8-3-1-4(14-2-13-3)15-6(16)7(11,12)5(9)10/h1-2,5H,(H,13,14,15,16). The van der Waals surface area contributed by atoms with Crippen LogP contribution in [0.25, 0.3) is 0 Å². The Kier molecular flexibility index (Phi) is 3.63. The fraction of sp³-hybridized carbons (Fsp3) is 0.286. The zero-order chi connectivity index (χ0) is 12.3. The lowest BCUT2D eigenvalue weighted by Crippen LogP contribution is -2.41. The predicted molar refractivity (Wildman–Crippen MR) is 46.6 cm³/mol. The van der Waals surface area contributed by atoms with Crippen LogP contribution in [0.5, 0.6) is 0 Å². The minimum atomic E-state index is -4.78. The summed E-state index contributed by atoms with van der Waals surface area (Å²) in [6.45, 7) is 0. The predicted octanol–water partition coefficient (Wildman–Crippen LogP) is 1.97. The molecule has 1 heterocycles. The quantitative estimate of drug-likeness (QED) is 0.665. The smallest absolute Gasteiger partial charge is 0.305 e. The van der Waals surface area contributed by atoms with Gasteiger partial charge in [-0.3, -0.25) is 4.79 Å². The van der Waals surface area contributed by atoms with Gasteiger partial charge in [-0.05, 0) is 0 Å². The van der Waals surface area contributed by atoms with E-state index in [0.717, 1.165) is 12.4 Å². The molecule has 0 aliphatic rings. The molecular weight excluding hydrogens is 254 g/mol. The fourth-order valence-electron chi connectivity index (χ4n) is 0.701. The molecule has 16 heavy (non-hydrogen) atoms. The fourth-order valence-corrected chi connectivity index (χ4v) is 0.848. The van der Waals surface area contributed by atoms with Crippen LogP contribution in [0.2, 0.25) is 5.15 Å². The minimum absolute atomic E-state index is 0.120. The monoisotopic (exact) mass is 257 g/mol. The van der Waals surface area contributed by atoms with E-state index < -0.39 is 18.3 Å². The van der Waals surface area contributed by atoms with Crippen molar-refractivity contribution in [2.45, 2.75) is 12.3 Å². The molecule has 0 bridgehead atoms. The molecule has 0 atom stereocenters. The minimum Gasteiger partial charge on any atom is -0.305 e. The molecule has 4 nitrogen and oxygen atoms in total. The lowest BCUT2D eigenvalue weighted by atomic mass is 10.3. The molecule has 0 aliphatic heterocycles. The highest BCUT2D eigenvalue weighted by atomic mass is 35.5. The topological polar surface area (TPSA) is 54.9 Å². The highest BCUT2D eigenvalue weighted by Crippen LogP contribution is 2.24. The Morgan fingerprint density at radius 2 is 2.06 bits per heavy atom. The third kappa shape index (κ3) is 2.78. The van der Waals surface area contributed by atoms with Crippen LogP contribution in [0.1, 0.15) is 0 Å². The van der Waals surface area contributed by atoms with Crippen LogP contribution in [-0.4, -0.2) is 28.2 Å². The van der Waals surface area contributed by atoms with Gasteiger partial charge in [0.1, 0.15) is 17.3 Å². The molecule has 0 spiro atoms. The van der Waals surface area contributed by atoms with Crippen LogP contribution in [0.3, 0.4) is 0 Å². The number of carbonyl (C=O) groups excluding carboxylic acids is 1. The second kappa shape index (κ2) is 4.60. The van der Waals surface area contributed by atoms with E-state index in [0.29, 0.717) is 0 Å². The number of hydrogen-bond acceptors (Lipinski definition) is 3. The lowest BCUT2D eigenvalue weighted by Gasteiger charge is -2.14. The van der Waals surface area contributed by atoms with Crippen molar-refractivity contribution in [2.24, 2.45) is 0 Å². The van der Waals surface area contributed by atoms with E-state index >= 15 is 0 Å². The van der Waals surface area contributed by atoms with E-state index in [4.69, 9.17) is 11.6 Å². The average molecular weight is 258 g/mol. The number of halogens is 5. The van der Waals surface area contributed by atoms with Crippen LogP contribution in [0.4, 0.5) is 23.4 Å². The van der Waals surface area contributed by atoms with Crippen LogP contribution in [0, 0.1) is 0 Å². The Bertz CT molecular complexity index is 401. The first-order valence-electron chi connectivity index (χ1n) is 3.79. The number of hydrogen-bond donors (Lipinski definition) is 1. The van der Waals surface area contributed by atoms with Gasteiger partial charge in [-0.1, -0.05) is 11.6 Å². The summed E-state index contributed by atoms with van der Waals surface area (Å²) in [4.78, 5) is 17.5. The molecular formula is C7H4ClF4N3O. The van der Waals surface area contributed by atoms with E-state index in [1.807, 2.05) is 0 Å². The summed E-state index contributed by atoms with van der Waals surface area (Å²) in [5, 5.41) is 1.38. The molecule has 1 amide bonds. The molecule has 1 aromatic rings. The van der Waals surface area contributed by atoms with Crippen LogP contribution < -0.4 is 5.32 Å². The molecule has 1 N–H and O–H groups in total. The van der Waals surface area contributed by atoms with Gasteiger partial charge in [-0.15, -0.1) is 0 Å². The Balaban J connectivity index is 2.79. The number of alkyl halides is 4. The number of amides is 1. The lowest BCUT2D eigenvalue weighted by molar-refractivity contribution is -0.163. The third-order valence-electron chi connectivity index (χ3n) is 1.45. The Hall–Kier alpha value is -1.44. The zero-order valence-corrected chi connectivity index (χ0v) is 8.18. The number of nitrogens with one attached hydrogen (secondary N) is 1. The molecule has 0 saturated carbocycles. The SMILES string of the molecule is O=C(Nc1cc(Cl)ncn1)C(F)(F)C(F)F. The molecule has 0 radical (unpaired) electrons. The molecule has 0 fully saturated rings. The maximum absolute atomic E-state index is 12.5. The molecule has 0 aliphatic carbocycles. The van der Waals surface area contributed by atoms with Crippen molar-refractivity contribution < 1.29 is 22.4 Å².